The molecule has 3 rings (SSSR count). The zero-order chi connectivity index (χ0) is 20.0. The molecule has 1 spiro atoms. The fourth-order valence-corrected chi connectivity index (χ4v) is 3.88. The average molecular weight is 385 g/mol. The lowest BCUT2D eigenvalue weighted by molar-refractivity contribution is -0.139. The zero-order valence-electron chi connectivity index (χ0n) is 16.2. The second-order valence-corrected chi connectivity index (χ2v) is 7.49. The monoisotopic (exact) mass is 385 g/mol. The quantitative estimate of drug-likeness (QED) is 0.785. The Balaban J connectivity index is 1.47. The molecule has 0 bridgehead atoms. The molecule has 1 aromatic rings. The largest absolute Gasteiger partial charge is 0.468 e. The van der Waals surface area contributed by atoms with Crippen LogP contribution in [-0.4, -0.2) is 67.5 Å². The Morgan fingerprint density at radius 2 is 1.93 bits per heavy atom. The van der Waals surface area contributed by atoms with Gasteiger partial charge in [0.05, 0.1) is 7.11 Å². The molecule has 2 saturated heterocycles. The first-order chi connectivity index (χ1) is 13.5. The van der Waals surface area contributed by atoms with E-state index < -0.39 is 5.97 Å². The van der Waals surface area contributed by atoms with Gasteiger partial charge < -0.3 is 19.9 Å². The first kappa shape index (κ1) is 19.9. The third-order valence-corrected chi connectivity index (χ3v) is 5.56. The van der Waals surface area contributed by atoms with E-state index in [9.17, 15) is 14.4 Å². The Bertz CT molecular complexity index is 739. The van der Waals surface area contributed by atoms with Crippen molar-refractivity contribution in [3.8, 4) is 0 Å². The van der Waals surface area contributed by atoms with Crippen LogP contribution in [-0.2, 0) is 14.3 Å². The number of benzene rings is 1. The molecule has 0 atom stereocenters. The summed E-state index contributed by atoms with van der Waals surface area (Å²) >= 11 is 0. The van der Waals surface area contributed by atoms with Gasteiger partial charge in [-0.2, -0.15) is 0 Å². The second kappa shape index (κ2) is 8.91. The van der Waals surface area contributed by atoms with Crippen molar-refractivity contribution in [1.82, 2.24) is 15.1 Å². The molecule has 2 fully saturated rings. The highest BCUT2D eigenvalue weighted by Gasteiger charge is 2.45. The maximum atomic E-state index is 12.5. The number of amides is 3. The molecule has 1 N–H and O–H groups in total. The summed E-state index contributed by atoms with van der Waals surface area (Å²) in [7, 11) is 1.29. The molecule has 2 heterocycles. The fourth-order valence-electron chi connectivity index (χ4n) is 3.88. The van der Waals surface area contributed by atoms with Gasteiger partial charge in [0.2, 0.25) is 5.91 Å². The highest BCUT2D eigenvalue weighted by molar-refractivity contribution is 5.81. The van der Waals surface area contributed by atoms with Gasteiger partial charge in [0.25, 0.3) is 0 Å². The van der Waals surface area contributed by atoms with Crippen LogP contribution in [0.3, 0.4) is 0 Å². The molecule has 2 aliphatic rings. The van der Waals surface area contributed by atoms with Crippen molar-refractivity contribution >= 4 is 24.0 Å². The van der Waals surface area contributed by atoms with Gasteiger partial charge in [-0.3, -0.25) is 9.59 Å². The second-order valence-electron chi connectivity index (χ2n) is 7.49. The number of piperidine rings is 1. The fraction of sp³-hybridized carbons (Fsp3) is 0.476. The van der Waals surface area contributed by atoms with E-state index in [1.165, 1.54) is 7.11 Å². The summed E-state index contributed by atoms with van der Waals surface area (Å²) in [4.78, 5) is 39.4. The molecule has 28 heavy (non-hydrogen) atoms. The number of ether oxygens (including phenoxy) is 1. The van der Waals surface area contributed by atoms with Crippen LogP contribution in [0.1, 0.15) is 24.8 Å². The Morgan fingerprint density at radius 1 is 1.21 bits per heavy atom. The molecule has 3 amide bonds. The van der Waals surface area contributed by atoms with E-state index in [0.29, 0.717) is 26.1 Å². The van der Waals surface area contributed by atoms with Gasteiger partial charge in [0, 0.05) is 38.0 Å². The summed E-state index contributed by atoms with van der Waals surface area (Å²) in [5.41, 5.74) is 1.08. The SMILES string of the molecule is COC(=O)CNC(=O)N1CCC2(CC1)CC(=O)N(CC=Cc1ccccc1)C2. The lowest BCUT2D eigenvalue weighted by Gasteiger charge is -2.38. The smallest absolute Gasteiger partial charge is 0.325 e. The molecule has 7 nitrogen and oxygen atoms in total. The number of rotatable bonds is 5. The number of methoxy groups -OCH3 is 1. The number of carbonyl (C=O) groups is 3. The first-order valence-electron chi connectivity index (χ1n) is 9.60. The van der Waals surface area contributed by atoms with Gasteiger partial charge >= 0.3 is 12.0 Å². The van der Waals surface area contributed by atoms with E-state index in [1.807, 2.05) is 47.4 Å². The standard InChI is InChI=1S/C21H27N3O4/c1-28-19(26)15-22-20(27)23-12-9-21(10-13-23)14-18(25)24(16-21)11-5-8-17-6-3-2-4-7-17/h2-8H,9-16H2,1H3,(H,22,27). The maximum absolute atomic E-state index is 12.5. The number of nitrogens with one attached hydrogen (secondary N) is 1. The lowest BCUT2D eigenvalue weighted by atomic mass is 9.77. The number of esters is 1. The minimum absolute atomic E-state index is 0.0448. The highest BCUT2D eigenvalue weighted by Crippen LogP contribution is 2.40. The van der Waals surface area contributed by atoms with E-state index in [0.717, 1.165) is 24.9 Å². The molecule has 1 aromatic carbocycles. The first-order valence-corrected chi connectivity index (χ1v) is 9.60. The molecule has 0 radical (unpaired) electrons. The van der Waals surface area contributed by atoms with Gasteiger partial charge in [0.1, 0.15) is 6.54 Å². The Kier molecular flexibility index (Phi) is 6.34. The van der Waals surface area contributed by atoms with E-state index in [4.69, 9.17) is 0 Å². The molecule has 150 valence electrons. The van der Waals surface area contributed by atoms with Crippen molar-refractivity contribution in [2.45, 2.75) is 19.3 Å². The lowest BCUT2D eigenvalue weighted by Crippen LogP contribution is -2.49. The Labute approximate surface area is 165 Å². The topological polar surface area (TPSA) is 79.0 Å². The van der Waals surface area contributed by atoms with Crippen molar-refractivity contribution in [2.24, 2.45) is 5.41 Å². The van der Waals surface area contributed by atoms with Crippen molar-refractivity contribution in [1.29, 1.82) is 0 Å². The van der Waals surface area contributed by atoms with Gasteiger partial charge in [-0.15, -0.1) is 0 Å². The number of carbonyl (C=O) groups excluding carboxylic acids is 3. The molecule has 0 saturated carbocycles. The van der Waals surface area contributed by atoms with Gasteiger partial charge in [-0.25, -0.2) is 4.79 Å². The van der Waals surface area contributed by atoms with E-state index >= 15 is 0 Å². The van der Waals surface area contributed by atoms with Crippen LogP contribution in [0.25, 0.3) is 6.08 Å². The molecule has 0 unspecified atom stereocenters. The summed E-state index contributed by atoms with van der Waals surface area (Å²) in [6.07, 6.45) is 6.20. The summed E-state index contributed by atoms with van der Waals surface area (Å²) in [5.74, 6) is -0.288. The summed E-state index contributed by atoms with van der Waals surface area (Å²) in [6.45, 7) is 2.40. The van der Waals surface area contributed by atoms with Gasteiger partial charge in [-0.05, 0) is 18.4 Å². The van der Waals surface area contributed by atoms with Gasteiger partial charge in [0.15, 0.2) is 0 Å². The number of urea groups is 1. The van der Waals surface area contributed by atoms with Crippen LogP contribution in [0.5, 0.6) is 0 Å². The van der Waals surface area contributed by atoms with Crippen molar-refractivity contribution in [2.75, 3.05) is 39.8 Å². The minimum atomic E-state index is -0.470. The van der Waals surface area contributed by atoms with Crippen molar-refractivity contribution in [3.63, 3.8) is 0 Å². The maximum Gasteiger partial charge on any atom is 0.325 e. The molecular formula is C21H27N3O4. The Morgan fingerprint density at radius 3 is 2.61 bits per heavy atom. The summed E-state index contributed by atoms with van der Waals surface area (Å²) < 4.78 is 4.53. The molecule has 0 aliphatic carbocycles. The Hall–Kier alpha value is -2.83. The number of nitrogens with zero attached hydrogens (tertiary/aromatic N) is 2. The predicted octanol–water partition coefficient (Wildman–Crippen LogP) is 1.90. The van der Waals surface area contributed by atoms with Crippen LogP contribution in [0, 0.1) is 5.41 Å². The number of hydrogen-bond acceptors (Lipinski definition) is 4. The average Bonchev–Trinajstić information content (AvgIpc) is 3.02. The molecule has 2 aliphatic heterocycles. The van der Waals surface area contributed by atoms with Crippen LogP contribution >= 0.6 is 0 Å². The third kappa shape index (κ3) is 4.91. The molecule has 0 aromatic heterocycles. The van der Waals surface area contributed by atoms with E-state index in [-0.39, 0.29) is 23.9 Å². The van der Waals surface area contributed by atoms with Crippen LogP contribution < -0.4 is 5.32 Å². The normalized spacial score (nSPS) is 18.7. The van der Waals surface area contributed by atoms with E-state index in [1.54, 1.807) is 4.90 Å². The van der Waals surface area contributed by atoms with E-state index in [2.05, 4.69) is 10.1 Å². The van der Waals surface area contributed by atoms with Crippen LogP contribution in [0.4, 0.5) is 4.79 Å². The zero-order valence-corrected chi connectivity index (χ0v) is 16.2. The van der Waals surface area contributed by atoms with Gasteiger partial charge in [-0.1, -0.05) is 42.5 Å². The van der Waals surface area contributed by atoms with Crippen LogP contribution in [0.2, 0.25) is 0 Å². The number of likely N-dealkylation sites (tertiary alicyclic amines) is 2. The molecular weight excluding hydrogens is 358 g/mol. The van der Waals surface area contributed by atoms with Crippen molar-refractivity contribution < 1.29 is 19.1 Å². The van der Waals surface area contributed by atoms with Crippen LogP contribution in [0.15, 0.2) is 36.4 Å². The minimum Gasteiger partial charge on any atom is -0.468 e. The highest BCUT2D eigenvalue weighted by atomic mass is 16.5. The summed E-state index contributed by atoms with van der Waals surface area (Å²) in [6, 6.07) is 9.77. The molecule has 7 heteroatoms. The predicted molar refractivity (Wildman–Crippen MR) is 105 cm³/mol. The summed E-state index contributed by atoms with van der Waals surface area (Å²) in [5, 5.41) is 2.57. The third-order valence-electron chi connectivity index (χ3n) is 5.56. The number of hydrogen-bond donors (Lipinski definition) is 1. The van der Waals surface area contributed by atoms with Crippen molar-refractivity contribution in [3.05, 3.63) is 42.0 Å².